The molecule has 0 heterocycles. The van der Waals surface area contributed by atoms with Gasteiger partial charge in [0.25, 0.3) is 0 Å². The second-order valence-electron chi connectivity index (χ2n) is 18.3. The van der Waals surface area contributed by atoms with E-state index < -0.39 is 45.3 Å². The summed E-state index contributed by atoms with van der Waals surface area (Å²) >= 11 is 0. The molecule has 0 aromatic heterocycles. The molecule has 0 bridgehead atoms. The van der Waals surface area contributed by atoms with E-state index in [0.717, 1.165) is 43.3 Å². The van der Waals surface area contributed by atoms with Crippen LogP contribution in [0.1, 0.15) is 91.9 Å². The molecule has 0 radical (unpaired) electrons. The van der Waals surface area contributed by atoms with Crippen molar-refractivity contribution in [3.05, 3.63) is 47.6 Å². The molecule has 6 fully saturated rings. The van der Waals surface area contributed by atoms with Crippen LogP contribution in [0.4, 0.5) is 0 Å². The first-order valence-electron chi connectivity index (χ1n) is 19.4. The van der Waals surface area contributed by atoms with Gasteiger partial charge >= 0.3 is 0 Å². The summed E-state index contributed by atoms with van der Waals surface area (Å²) in [6, 6.07) is 0. The fraction of sp³-hybridized carbons (Fsp3) is 0.674. The number of allylic oxidation sites excluding steroid dienone is 8. The highest BCUT2D eigenvalue weighted by Crippen LogP contribution is 2.67. The molecule has 10 heteroatoms. The number of methoxy groups -OCH3 is 1. The molecule has 0 amide bonds. The smallest absolute Gasteiger partial charge is 0.190 e. The summed E-state index contributed by atoms with van der Waals surface area (Å²) in [7, 11) is 1.45. The van der Waals surface area contributed by atoms with Gasteiger partial charge in [-0.3, -0.25) is 28.8 Å². The number of ether oxygens (including phenoxy) is 1. The van der Waals surface area contributed by atoms with Crippen molar-refractivity contribution < 1.29 is 48.8 Å². The number of Topliss-reactive ketones (excluding diaryl/α,β-unsaturated/α-hetero) is 4. The first kappa shape index (κ1) is 38.1. The zero-order valence-electron chi connectivity index (χ0n) is 31.6. The van der Waals surface area contributed by atoms with Crippen molar-refractivity contribution in [3.63, 3.8) is 0 Å². The van der Waals surface area contributed by atoms with Crippen LogP contribution in [-0.2, 0) is 33.5 Å². The van der Waals surface area contributed by atoms with Gasteiger partial charge in [-0.05, 0) is 99.3 Å². The molecule has 12 atom stereocenters. The Morgan fingerprint density at radius 1 is 0.698 bits per heavy atom. The Hall–Kier alpha value is -3.18. The Balaban J connectivity index is 0.000000164. The van der Waals surface area contributed by atoms with E-state index >= 15 is 0 Å². The fourth-order valence-electron chi connectivity index (χ4n) is 13.4. The summed E-state index contributed by atoms with van der Waals surface area (Å²) in [5, 5.41) is 31.8. The van der Waals surface area contributed by atoms with E-state index in [4.69, 9.17) is 4.74 Å². The van der Waals surface area contributed by atoms with Crippen LogP contribution >= 0.6 is 0 Å². The fourth-order valence-corrected chi connectivity index (χ4v) is 13.4. The minimum absolute atomic E-state index is 0.00516. The number of fused-ring (bicyclic) bond motifs is 10. The molecular formula is C43H54O10. The maximum atomic E-state index is 13.4. The number of carbonyl (C=O) groups excluding carboxylic acids is 6. The predicted octanol–water partition coefficient (Wildman–Crippen LogP) is 4.19. The van der Waals surface area contributed by atoms with Gasteiger partial charge in [-0.25, -0.2) is 0 Å². The van der Waals surface area contributed by atoms with Gasteiger partial charge in [0, 0.05) is 53.4 Å². The van der Waals surface area contributed by atoms with Crippen LogP contribution in [0.25, 0.3) is 0 Å². The second-order valence-corrected chi connectivity index (χ2v) is 18.3. The average Bonchev–Trinajstić information content (AvgIpc) is 3.54. The standard InChI is InChI=1S/C22H28O5.C21H26O5/c1-20-8-6-14(23)10-13(20)4-5-15-16-7-9-22(26,18(25)12-27-3)21(16,2)11-17(24)19(15)20;1-19-7-5-13(23)9-12(19)3-4-14-15-6-8-21(26,17(25)11-22)20(15,2)10-16(24)18(14)19/h6,8,10,15-16,19,26H,4-5,7,9,11-12H2,1-3H3;5,7,9,14-15,18,22,26H,3-4,6,8,10-11H2,1-2H3/t15-,16-,19+,20-,21-,22-;14-,15-,18+,19-,20-,21-/m00/s1. The van der Waals surface area contributed by atoms with Gasteiger partial charge in [0.1, 0.15) is 36.0 Å². The number of hydrogen-bond donors (Lipinski definition) is 3. The second kappa shape index (κ2) is 12.7. The number of carbonyl (C=O) groups is 6. The summed E-state index contributed by atoms with van der Waals surface area (Å²) in [5.41, 5.74) is -3.47. The van der Waals surface area contributed by atoms with Crippen molar-refractivity contribution in [2.24, 2.45) is 57.2 Å². The third-order valence-electron chi connectivity index (χ3n) is 16.2. The van der Waals surface area contributed by atoms with Gasteiger partial charge in [0.05, 0.1) is 0 Å². The van der Waals surface area contributed by atoms with Crippen molar-refractivity contribution in [2.45, 2.75) is 103 Å². The van der Waals surface area contributed by atoms with Crippen molar-refractivity contribution in [1.82, 2.24) is 0 Å². The first-order valence-corrected chi connectivity index (χ1v) is 19.4. The van der Waals surface area contributed by atoms with Crippen molar-refractivity contribution >= 4 is 34.7 Å². The predicted molar refractivity (Wildman–Crippen MR) is 193 cm³/mol. The molecule has 10 nitrogen and oxygen atoms in total. The van der Waals surface area contributed by atoms with E-state index in [1.165, 1.54) is 7.11 Å². The maximum absolute atomic E-state index is 13.4. The van der Waals surface area contributed by atoms with E-state index in [0.29, 0.717) is 19.3 Å². The monoisotopic (exact) mass is 730 g/mol. The highest BCUT2D eigenvalue weighted by molar-refractivity contribution is 6.03. The summed E-state index contributed by atoms with van der Waals surface area (Å²) in [4.78, 5) is 75.3. The van der Waals surface area contributed by atoms with Crippen LogP contribution in [0.2, 0.25) is 0 Å². The zero-order chi connectivity index (χ0) is 38.5. The van der Waals surface area contributed by atoms with Crippen molar-refractivity contribution in [3.8, 4) is 0 Å². The average molecular weight is 731 g/mol. The van der Waals surface area contributed by atoms with Gasteiger partial charge in [-0.15, -0.1) is 0 Å². The van der Waals surface area contributed by atoms with E-state index in [-0.39, 0.29) is 83.9 Å². The topological polar surface area (TPSA) is 172 Å². The molecule has 0 aromatic rings. The minimum Gasteiger partial charge on any atom is -0.388 e. The van der Waals surface area contributed by atoms with E-state index in [9.17, 15) is 44.1 Å². The van der Waals surface area contributed by atoms with Crippen LogP contribution < -0.4 is 0 Å². The van der Waals surface area contributed by atoms with Crippen LogP contribution in [0.15, 0.2) is 47.6 Å². The van der Waals surface area contributed by atoms with Gasteiger partial charge in [-0.2, -0.15) is 0 Å². The lowest BCUT2D eigenvalue weighted by molar-refractivity contribution is -0.169. The van der Waals surface area contributed by atoms with Crippen LogP contribution in [0.5, 0.6) is 0 Å². The molecule has 0 aromatic carbocycles. The number of aliphatic hydroxyl groups is 3. The Kier molecular flexibility index (Phi) is 9.12. The highest BCUT2D eigenvalue weighted by Gasteiger charge is 2.69. The number of ketones is 6. The number of aliphatic hydroxyl groups excluding tert-OH is 1. The number of rotatable bonds is 5. The maximum Gasteiger partial charge on any atom is 0.190 e. The lowest BCUT2D eigenvalue weighted by Gasteiger charge is -2.56. The third kappa shape index (κ3) is 5.17. The zero-order valence-corrected chi connectivity index (χ0v) is 31.6. The molecule has 8 aliphatic carbocycles. The molecule has 8 rings (SSSR count). The quantitative estimate of drug-likeness (QED) is 0.373. The van der Waals surface area contributed by atoms with Crippen molar-refractivity contribution in [2.75, 3.05) is 20.3 Å². The Bertz CT molecular complexity index is 1800. The van der Waals surface area contributed by atoms with Gasteiger partial charge in [-0.1, -0.05) is 51.0 Å². The molecule has 0 saturated heterocycles. The van der Waals surface area contributed by atoms with Crippen LogP contribution in [0, 0.1) is 57.2 Å². The van der Waals surface area contributed by atoms with E-state index in [2.05, 4.69) is 6.92 Å². The van der Waals surface area contributed by atoms with Gasteiger partial charge < -0.3 is 20.1 Å². The molecular weight excluding hydrogens is 676 g/mol. The van der Waals surface area contributed by atoms with Gasteiger partial charge in [0.2, 0.25) is 0 Å². The summed E-state index contributed by atoms with van der Waals surface area (Å²) in [6.07, 6.45) is 16.0. The third-order valence-corrected chi connectivity index (χ3v) is 16.2. The van der Waals surface area contributed by atoms with Crippen molar-refractivity contribution in [1.29, 1.82) is 0 Å². The largest absolute Gasteiger partial charge is 0.388 e. The lowest BCUT2D eigenvalue weighted by atomic mass is 9.46. The SMILES string of the molecule is COCC(=O)[C@@]1(O)CC[C@H]2[C@@H]3CCC4=CC(=O)C=C[C@]4(C)[C@H]3C(=O)C[C@@]21C.C[C@]12C=CC(=O)C=C1CC[C@@H]1[C@@H]2C(=O)C[C@@]2(C)[C@H]1CC[C@]2(O)C(=O)CO. The Morgan fingerprint density at radius 2 is 1.11 bits per heavy atom. The van der Waals surface area contributed by atoms with Gasteiger partial charge in [0.15, 0.2) is 23.1 Å². The van der Waals surface area contributed by atoms with E-state index in [1.54, 1.807) is 24.3 Å². The summed E-state index contributed by atoms with van der Waals surface area (Å²) in [6.45, 7) is 7.04. The summed E-state index contributed by atoms with van der Waals surface area (Å²) in [5.74, 6) is -0.735. The Morgan fingerprint density at radius 3 is 1.51 bits per heavy atom. The first-order chi connectivity index (χ1) is 24.8. The lowest BCUT2D eigenvalue weighted by Crippen LogP contribution is -2.60. The molecule has 0 aliphatic heterocycles. The molecule has 53 heavy (non-hydrogen) atoms. The molecule has 3 N–H and O–H groups in total. The summed E-state index contributed by atoms with van der Waals surface area (Å²) < 4.78 is 4.99. The molecule has 6 saturated carbocycles. The van der Waals surface area contributed by atoms with Crippen LogP contribution in [0.3, 0.4) is 0 Å². The molecule has 0 unspecified atom stereocenters. The normalized spacial score (nSPS) is 46.4. The minimum atomic E-state index is -1.62. The van der Waals surface area contributed by atoms with Crippen LogP contribution in [-0.4, -0.2) is 81.5 Å². The number of hydrogen-bond acceptors (Lipinski definition) is 10. The van der Waals surface area contributed by atoms with E-state index in [1.807, 2.05) is 32.9 Å². The molecule has 0 spiro atoms. The highest BCUT2D eigenvalue weighted by atomic mass is 16.5. The molecule has 286 valence electrons. The Labute approximate surface area is 311 Å². The molecule has 8 aliphatic rings.